The van der Waals surface area contributed by atoms with Crippen LogP contribution in [0.1, 0.15) is 18.4 Å². The van der Waals surface area contributed by atoms with Gasteiger partial charge < -0.3 is 4.84 Å². The fourth-order valence-corrected chi connectivity index (χ4v) is 1.44. The summed E-state index contributed by atoms with van der Waals surface area (Å²) in [7, 11) is 0. The van der Waals surface area contributed by atoms with Crippen LogP contribution in [0, 0.1) is 5.21 Å². The molecule has 0 fully saturated rings. The van der Waals surface area contributed by atoms with Crippen molar-refractivity contribution in [1.82, 2.24) is 0 Å². The second kappa shape index (κ2) is 3.47. The van der Waals surface area contributed by atoms with Gasteiger partial charge in [-0.05, 0) is 18.6 Å². The van der Waals surface area contributed by atoms with E-state index in [-0.39, 0.29) is 0 Å². The number of hydrogen-bond donors (Lipinski definition) is 0. The lowest BCUT2D eigenvalue weighted by Gasteiger charge is -2.14. The first-order chi connectivity index (χ1) is 6.38. The van der Waals surface area contributed by atoms with Crippen molar-refractivity contribution < 1.29 is 9.74 Å². The molecule has 3 heteroatoms. The Morgan fingerprint density at radius 2 is 2.00 bits per heavy atom. The Bertz CT molecular complexity index is 319. The molecule has 0 radical (unpaired) electrons. The molecule has 0 amide bonds. The molecular formula is C10H11NO2. The van der Waals surface area contributed by atoms with Gasteiger partial charge in [0.25, 0.3) is 5.71 Å². The summed E-state index contributed by atoms with van der Waals surface area (Å²) < 4.78 is 0. The predicted molar refractivity (Wildman–Crippen MR) is 49.4 cm³/mol. The summed E-state index contributed by atoms with van der Waals surface area (Å²) in [5.41, 5.74) is 1.68. The highest BCUT2D eigenvalue weighted by atomic mass is 16.9. The van der Waals surface area contributed by atoms with Crippen LogP contribution in [0.3, 0.4) is 0 Å². The van der Waals surface area contributed by atoms with Crippen LogP contribution in [-0.4, -0.2) is 17.2 Å². The molecular weight excluding hydrogens is 166 g/mol. The molecule has 0 atom stereocenters. The third-order valence-electron chi connectivity index (χ3n) is 2.09. The first-order valence-electron chi connectivity index (χ1n) is 4.39. The number of rotatable bonds is 1. The molecule has 1 aromatic rings. The summed E-state index contributed by atoms with van der Waals surface area (Å²) >= 11 is 0. The van der Waals surface area contributed by atoms with Gasteiger partial charge in [0.1, 0.15) is 0 Å². The fourth-order valence-electron chi connectivity index (χ4n) is 1.44. The Morgan fingerprint density at radius 1 is 1.23 bits per heavy atom. The molecule has 3 nitrogen and oxygen atoms in total. The van der Waals surface area contributed by atoms with E-state index in [0.29, 0.717) is 11.5 Å². The standard InChI is InChI=1S/C10H11NO2/c12-11-10(7-4-8-13-11)9-5-2-1-3-6-9/h1-3,5-6H,4,7-8H2. The second-order valence-corrected chi connectivity index (χ2v) is 3.01. The SMILES string of the molecule is [O-][N+]1=C(c2ccccc2)CCCO1. The fraction of sp³-hybridized carbons (Fsp3) is 0.300. The average molecular weight is 177 g/mol. The topological polar surface area (TPSA) is 35.3 Å². The molecule has 0 spiro atoms. The van der Waals surface area contributed by atoms with E-state index in [0.717, 1.165) is 24.1 Å². The van der Waals surface area contributed by atoms with Gasteiger partial charge in [-0.25, -0.2) is 0 Å². The summed E-state index contributed by atoms with van der Waals surface area (Å²) in [6.07, 6.45) is 1.72. The van der Waals surface area contributed by atoms with Gasteiger partial charge in [-0.15, -0.1) is 0 Å². The van der Waals surface area contributed by atoms with Crippen LogP contribution in [0.4, 0.5) is 0 Å². The summed E-state index contributed by atoms with van der Waals surface area (Å²) in [4.78, 5) is 5.52. The van der Waals surface area contributed by atoms with Gasteiger partial charge in [0.2, 0.25) is 0 Å². The molecule has 68 valence electrons. The predicted octanol–water partition coefficient (Wildman–Crippen LogP) is 1.71. The highest BCUT2D eigenvalue weighted by Crippen LogP contribution is 2.10. The Hall–Kier alpha value is -1.51. The number of hydrogen-bond acceptors (Lipinski definition) is 2. The number of benzene rings is 1. The Balaban J connectivity index is 2.35. The summed E-state index contributed by atoms with van der Waals surface area (Å²) in [6.45, 7) is 0.528. The van der Waals surface area contributed by atoms with Crippen LogP contribution in [0.2, 0.25) is 0 Å². The van der Waals surface area contributed by atoms with Crippen LogP contribution < -0.4 is 0 Å². The minimum atomic E-state index is 0.528. The molecule has 2 rings (SSSR count). The lowest BCUT2D eigenvalue weighted by atomic mass is 10.1. The van der Waals surface area contributed by atoms with Crippen molar-refractivity contribution in [3.05, 3.63) is 41.1 Å². The lowest BCUT2D eigenvalue weighted by Crippen LogP contribution is -2.23. The largest absolute Gasteiger partial charge is 0.403 e. The Kier molecular flexibility index (Phi) is 2.17. The zero-order valence-electron chi connectivity index (χ0n) is 7.27. The molecule has 0 saturated heterocycles. The Labute approximate surface area is 76.8 Å². The monoisotopic (exact) mass is 177 g/mol. The summed E-state index contributed by atoms with van der Waals surface area (Å²) in [5, 5.41) is 11.3. The van der Waals surface area contributed by atoms with Gasteiger partial charge in [-0.1, -0.05) is 18.2 Å². The third kappa shape index (κ3) is 1.64. The molecule has 0 N–H and O–H groups in total. The lowest BCUT2D eigenvalue weighted by molar-refractivity contribution is -0.746. The van der Waals surface area contributed by atoms with Crippen molar-refractivity contribution in [1.29, 1.82) is 0 Å². The van der Waals surface area contributed by atoms with Crippen LogP contribution in [0.25, 0.3) is 0 Å². The molecule has 0 aliphatic carbocycles. The van der Waals surface area contributed by atoms with E-state index in [2.05, 4.69) is 0 Å². The molecule has 1 aromatic carbocycles. The Morgan fingerprint density at radius 3 is 2.69 bits per heavy atom. The first-order valence-corrected chi connectivity index (χ1v) is 4.39. The molecule has 0 saturated carbocycles. The van der Waals surface area contributed by atoms with Crippen LogP contribution in [-0.2, 0) is 4.84 Å². The van der Waals surface area contributed by atoms with Gasteiger partial charge in [0, 0.05) is 16.9 Å². The van der Waals surface area contributed by atoms with E-state index in [1.165, 1.54) is 0 Å². The summed E-state index contributed by atoms with van der Waals surface area (Å²) in [6, 6.07) is 9.63. The van der Waals surface area contributed by atoms with Crippen LogP contribution in [0.5, 0.6) is 0 Å². The second-order valence-electron chi connectivity index (χ2n) is 3.01. The molecule has 0 unspecified atom stereocenters. The van der Waals surface area contributed by atoms with Crippen molar-refractivity contribution in [2.75, 3.05) is 6.61 Å². The van der Waals surface area contributed by atoms with Crippen molar-refractivity contribution >= 4 is 5.71 Å². The maximum Gasteiger partial charge on any atom is 0.252 e. The van der Waals surface area contributed by atoms with Gasteiger partial charge in [0.15, 0.2) is 0 Å². The normalized spacial score (nSPS) is 16.9. The molecule has 13 heavy (non-hydrogen) atoms. The maximum absolute atomic E-state index is 11.3. The van der Waals surface area contributed by atoms with Gasteiger partial charge in [-0.3, -0.25) is 5.21 Å². The van der Waals surface area contributed by atoms with Gasteiger partial charge in [-0.2, -0.15) is 0 Å². The van der Waals surface area contributed by atoms with Crippen molar-refractivity contribution in [3.8, 4) is 0 Å². The summed E-state index contributed by atoms with van der Waals surface area (Å²) in [5.74, 6) is 0. The maximum atomic E-state index is 11.3. The molecule has 1 heterocycles. The van der Waals surface area contributed by atoms with Crippen LogP contribution in [0.15, 0.2) is 30.3 Å². The zero-order valence-corrected chi connectivity index (χ0v) is 7.27. The van der Waals surface area contributed by atoms with E-state index in [1.807, 2.05) is 30.3 Å². The minimum absolute atomic E-state index is 0.528. The third-order valence-corrected chi connectivity index (χ3v) is 2.09. The van der Waals surface area contributed by atoms with E-state index < -0.39 is 0 Å². The average Bonchev–Trinajstić information content (AvgIpc) is 2.20. The van der Waals surface area contributed by atoms with E-state index >= 15 is 0 Å². The van der Waals surface area contributed by atoms with Crippen molar-refractivity contribution in [2.24, 2.45) is 0 Å². The van der Waals surface area contributed by atoms with E-state index in [9.17, 15) is 5.21 Å². The van der Waals surface area contributed by atoms with Crippen molar-refractivity contribution in [2.45, 2.75) is 12.8 Å². The molecule has 0 bridgehead atoms. The van der Waals surface area contributed by atoms with Gasteiger partial charge in [0.05, 0.1) is 6.61 Å². The highest BCUT2D eigenvalue weighted by Gasteiger charge is 2.18. The molecule has 1 aliphatic heterocycles. The van der Waals surface area contributed by atoms with E-state index in [1.54, 1.807) is 0 Å². The minimum Gasteiger partial charge on any atom is -0.403 e. The van der Waals surface area contributed by atoms with Crippen molar-refractivity contribution in [3.63, 3.8) is 0 Å². The number of nitrogens with zero attached hydrogens (tertiary/aromatic N) is 1. The highest BCUT2D eigenvalue weighted by molar-refractivity contribution is 5.96. The molecule has 1 aliphatic rings. The van der Waals surface area contributed by atoms with E-state index in [4.69, 9.17) is 4.84 Å². The molecule has 0 aromatic heterocycles. The smallest absolute Gasteiger partial charge is 0.252 e. The van der Waals surface area contributed by atoms with Crippen LogP contribution >= 0.6 is 0 Å². The zero-order chi connectivity index (χ0) is 9.10. The van der Waals surface area contributed by atoms with Gasteiger partial charge >= 0.3 is 0 Å². The quantitative estimate of drug-likeness (QED) is 0.612. The first kappa shape index (κ1) is 8.10.